The number of hydrogen-bond acceptors (Lipinski definition) is 8. The Balaban J connectivity index is 1.24. The Kier molecular flexibility index (Phi) is 6.05. The maximum Gasteiger partial charge on any atom is 0.229 e. The molecule has 0 radical (unpaired) electrons. The van der Waals surface area contributed by atoms with Gasteiger partial charge in [-0.15, -0.1) is 0 Å². The highest BCUT2D eigenvalue weighted by Gasteiger charge is 2.31. The van der Waals surface area contributed by atoms with Gasteiger partial charge in [0, 0.05) is 80.8 Å². The predicted molar refractivity (Wildman–Crippen MR) is 134 cm³/mol. The number of aromatic nitrogens is 2. The summed E-state index contributed by atoms with van der Waals surface area (Å²) in [4.78, 5) is 16.8. The lowest BCUT2D eigenvalue weighted by molar-refractivity contribution is 0.0982. The fraction of sp³-hybridized carbons (Fsp3) is 0.600. The van der Waals surface area contributed by atoms with Gasteiger partial charge in [0.15, 0.2) is 0 Å². The zero-order valence-electron chi connectivity index (χ0n) is 20.4. The summed E-state index contributed by atoms with van der Waals surface area (Å²) in [6.45, 7) is 12.2. The van der Waals surface area contributed by atoms with Gasteiger partial charge in [0.1, 0.15) is 11.6 Å². The predicted octanol–water partition coefficient (Wildman–Crippen LogP) is 3.15. The lowest BCUT2D eigenvalue weighted by Gasteiger charge is -2.42. The number of anilines is 4. The second-order valence-corrected chi connectivity index (χ2v) is 10.3. The Morgan fingerprint density at radius 1 is 1.09 bits per heavy atom. The van der Waals surface area contributed by atoms with Crippen molar-refractivity contribution in [3.63, 3.8) is 0 Å². The minimum absolute atomic E-state index is 0.0605. The number of benzene rings is 1. The minimum Gasteiger partial charge on any atom is -0.494 e. The fourth-order valence-electron chi connectivity index (χ4n) is 5.25. The largest absolute Gasteiger partial charge is 0.494 e. The number of methoxy groups -OCH3 is 1. The van der Waals surface area contributed by atoms with Gasteiger partial charge in [-0.1, -0.05) is 13.8 Å². The summed E-state index contributed by atoms with van der Waals surface area (Å²) in [6.07, 6.45) is 4.37. The summed E-state index contributed by atoms with van der Waals surface area (Å²) in [5.74, 6) is 2.31. The summed E-state index contributed by atoms with van der Waals surface area (Å²) < 4.78 is 5.73. The van der Waals surface area contributed by atoms with Crippen molar-refractivity contribution in [3.05, 3.63) is 30.0 Å². The Morgan fingerprint density at radius 3 is 2.58 bits per heavy atom. The second kappa shape index (κ2) is 8.99. The van der Waals surface area contributed by atoms with Crippen LogP contribution in [0.1, 0.15) is 32.3 Å². The minimum atomic E-state index is 0.0605. The number of nitrogens with one attached hydrogen (secondary N) is 2. The molecule has 2 saturated heterocycles. The number of fused-ring (bicyclic) bond motifs is 1. The molecule has 3 aliphatic rings. The van der Waals surface area contributed by atoms with E-state index in [1.807, 2.05) is 6.20 Å². The van der Waals surface area contributed by atoms with Crippen LogP contribution in [-0.2, 0) is 5.41 Å². The molecule has 2 aromatic rings. The van der Waals surface area contributed by atoms with Crippen LogP contribution in [0.25, 0.3) is 0 Å². The van der Waals surface area contributed by atoms with Crippen molar-refractivity contribution >= 4 is 23.1 Å². The monoisotopic (exact) mass is 451 g/mol. The van der Waals surface area contributed by atoms with Gasteiger partial charge in [-0.3, -0.25) is 4.90 Å². The average molecular weight is 452 g/mol. The Hall–Kier alpha value is -2.58. The highest BCUT2D eigenvalue weighted by molar-refractivity contribution is 5.69. The maximum atomic E-state index is 5.73. The lowest BCUT2D eigenvalue weighted by atomic mass is 9.89. The summed E-state index contributed by atoms with van der Waals surface area (Å²) in [5.41, 5.74) is 3.32. The van der Waals surface area contributed by atoms with E-state index in [4.69, 9.17) is 4.74 Å². The van der Waals surface area contributed by atoms with Crippen molar-refractivity contribution in [2.75, 3.05) is 75.5 Å². The standard InChI is InChI=1S/C25H37N7O/c1-25(2)17-27-23-20(25)16-26-24(29-23)28-21-6-5-19(15-22(21)33-4)31-9-7-18(8-10-31)32-13-11-30(3)12-14-32/h5-6,15-16,18H,7-14,17H2,1-4H3,(H2,26,27,28,29). The highest BCUT2D eigenvalue weighted by atomic mass is 16.5. The van der Waals surface area contributed by atoms with Crippen molar-refractivity contribution in [2.45, 2.75) is 38.1 Å². The van der Waals surface area contributed by atoms with Crippen molar-refractivity contribution < 1.29 is 4.74 Å². The molecule has 8 nitrogen and oxygen atoms in total. The summed E-state index contributed by atoms with van der Waals surface area (Å²) in [7, 11) is 3.94. The second-order valence-electron chi connectivity index (χ2n) is 10.3. The molecule has 4 heterocycles. The molecular weight excluding hydrogens is 414 g/mol. The van der Waals surface area contributed by atoms with Crippen LogP contribution in [0.15, 0.2) is 24.4 Å². The summed E-state index contributed by atoms with van der Waals surface area (Å²) in [6, 6.07) is 7.10. The van der Waals surface area contributed by atoms with Crippen molar-refractivity contribution in [1.82, 2.24) is 19.8 Å². The molecule has 0 saturated carbocycles. The zero-order valence-corrected chi connectivity index (χ0v) is 20.4. The first-order valence-corrected chi connectivity index (χ1v) is 12.2. The first kappa shape index (κ1) is 22.2. The van der Waals surface area contributed by atoms with E-state index < -0.39 is 0 Å². The molecule has 3 aliphatic heterocycles. The Bertz CT molecular complexity index is 979. The highest BCUT2D eigenvalue weighted by Crippen LogP contribution is 2.36. The van der Waals surface area contributed by atoms with Crippen LogP contribution in [-0.4, -0.2) is 85.8 Å². The van der Waals surface area contributed by atoms with Gasteiger partial charge < -0.3 is 25.2 Å². The molecule has 33 heavy (non-hydrogen) atoms. The number of piperazine rings is 1. The zero-order chi connectivity index (χ0) is 23.0. The number of nitrogens with zero attached hydrogens (tertiary/aromatic N) is 5. The first-order valence-electron chi connectivity index (χ1n) is 12.2. The molecule has 0 amide bonds. The third-order valence-electron chi connectivity index (χ3n) is 7.53. The van der Waals surface area contributed by atoms with Gasteiger partial charge in [0.25, 0.3) is 0 Å². The molecule has 5 rings (SSSR count). The normalized spacial score (nSPS) is 21.5. The number of ether oxygens (including phenoxy) is 1. The molecule has 178 valence electrons. The van der Waals surface area contributed by atoms with Crippen LogP contribution < -0.4 is 20.3 Å². The number of hydrogen-bond donors (Lipinski definition) is 2. The molecule has 8 heteroatoms. The van der Waals surface area contributed by atoms with Crippen LogP contribution in [0.5, 0.6) is 5.75 Å². The number of piperidine rings is 1. The molecule has 0 aliphatic carbocycles. The van der Waals surface area contributed by atoms with E-state index in [9.17, 15) is 0 Å². The van der Waals surface area contributed by atoms with Crippen LogP contribution in [0, 0.1) is 0 Å². The molecule has 0 atom stereocenters. The van der Waals surface area contributed by atoms with Gasteiger partial charge in [-0.2, -0.15) is 4.98 Å². The maximum absolute atomic E-state index is 5.73. The van der Waals surface area contributed by atoms with Crippen molar-refractivity contribution in [1.29, 1.82) is 0 Å². The Morgan fingerprint density at radius 2 is 1.85 bits per heavy atom. The van der Waals surface area contributed by atoms with E-state index in [1.54, 1.807) is 7.11 Å². The molecule has 0 bridgehead atoms. The van der Waals surface area contributed by atoms with Gasteiger partial charge in [-0.05, 0) is 32.0 Å². The van der Waals surface area contributed by atoms with Gasteiger partial charge in [0.2, 0.25) is 5.95 Å². The fourth-order valence-corrected chi connectivity index (χ4v) is 5.25. The average Bonchev–Trinajstić information content (AvgIpc) is 3.14. The number of likely N-dealkylation sites (N-methyl/N-ethyl adjacent to an activating group) is 1. The Labute approximate surface area is 197 Å². The third kappa shape index (κ3) is 4.59. The molecular formula is C25H37N7O. The molecule has 1 aromatic carbocycles. The van der Waals surface area contributed by atoms with Crippen LogP contribution in [0.4, 0.5) is 23.1 Å². The van der Waals surface area contributed by atoms with E-state index in [1.165, 1.54) is 44.7 Å². The van der Waals surface area contributed by atoms with Crippen LogP contribution in [0.2, 0.25) is 0 Å². The topological polar surface area (TPSA) is 68.8 Å². The van der Waals surface area contributed by atoms with Crippen LogP contribution >= 0.6 is 0 Å². The lowest BCUT2D eigenvalue weighted by Crippen LogP contribution is -2.52. The van der Waals surface area contributed by atoms with Gasteiger partial charge in [-0.25, -0.2) is 4.98 Å². The smallest absolute Gasteiger partial charge is 0.229 e. The van der Waals surface area contributed by atoms with E-state index in [0.717, 1.165) is 42.5 Å². The molecule has 1 aromatic heterocycles. The molecule has 2 N–H and O–H groups in total. The van der Waals surface area contributed by atoms with E-state index in [2.05, 4.69) is 74.4 Å². The van der Waals surface area contributed by atoms with Gasteiger partial charge in [0.05, 0.1) is 12.8 Å². The first-order chi connectivity index (χ1) is 15.9. The van der Waals surface area contributed by atoms with E-state index in [-0.39, 0.29) is 5.41 Å². The molecule has 2 fully saturated rings. The third-order valence-corrected chi connectivity index (χ3v) is 7.53. The molecule has 0 spiro atoms. The van der Waals surface area contributed by atoms with E-state index >= 15 is 0 Å². The number of rotatable bonds is 5. The molecule has 0 unspecified atom stereocenters. The summed E-state index contributed by atoms with van der Waals surface area (Å²) in [5, 5.41) is 6.74. The van der Waals surface area contributed by atoms with E-state index in [0.29, 0.717) is 12.0 Å². The summed E-state index contributed by atoms with van der Waals surface area (Å²) >= 11 is 0. The quantitative estimate of drug-likeness (QED) is 0.719. The van der Waals surface area contributed by atoms with Crippen molar-refractivity contribution in [3.8, 4) is 5.75 Å². The SMILES string of the molecule is COc1cc(N2CCC(N3CCN(C)CC3)CC2)ccc1Nc1ncc2c(n1)NCC2(C)C. The van der Waals surface area contributed by atoms with Crippen LogP contribution in [0.3, 0.4) is 0 Å². The van der Waals surface area contributed by atoms with Gasteiger partial charge >= 0.3 is 0 Å². The van der Waals surface area contributed by atoms with Crippen molar-refractivity contribution in [2.24, 2.45) is 0 Å².